The van der Waals surface area contributed by atoms with Crippen LogP contribution >= 0.6 is 0 Å². The van der Waals surface area contributed by atoms with Crippen LogP contribution in [0.4, 0.5) is 8.78 Å². The van der Waals surface area contributed by atoms with Gasteiger partial charge in [-0.1, -0.05) is 0 Å². The molecule has 0 aliphatic rings. The van der Waals surface area contributed by atoms with E-state index >= 15 is 0 Å². The first-order chi connectivity index (χ1) is 8.08. The summed E-state index contributed by atoms with van der Waals surface area (Å²) in [5.41, 5.74) is 0.240. The summed E-state index contributed by atoms with van der Waals surface area (Å²) in [7, 11) is 1.70. The maximum absolute atomic E-state index is 13.4. The van der Waals surface area contributed by atoms with Crippen LogP contribution in [0, 0.1) is 11.6 Å². The zero-order valence-electron chi connectivity index (χ0n) is 9.74. The van der Waals surface area contributed by atoms with Crippen LogP contribution in [0.2, 0.25) is 0 Å². The minimum atomic E-state index is -0.488. The molecular weight excluding hydrogens is 228 g/mol. The molecule has 0 saturated heterocycles. The van der Waals surface area contributed by atoms with Gasteiger partial charge < -0.3 is 10.2 Å². The van der Waals surface area contributed by atoms with Gasteiger partial charge in [-0.15, -0.1) is 0 Å². The fourth-order valence-electron chi connectivity index (χ4n) is 1.66. The molecule has 0 fully saturated rings. The topological polar surface area (TPSA) is 43.7 Å². The van der Waals surface area contributed by atoms with Crippen LogP contribution in [0.1, 0.15) is 12.0 Å². The molecule has 17 heavy (non-hydrogen) atoms. The summed E-state index contributed by atoms with van der Waals surface area (Å²) in [6.07, 6.45) is 0.393. The molecule has 1 unspecified atom stereocenters. The molecule has 1 rings (SSSR count). The van der Waals surface area contributed by atoms with Gasteiger partial charge in [-0.05, 0) is 31.7 Å². The smallest absolute Gasteiger partial charge is 0.127 e. The Labute approximate surface area is 99.3 Å². The Balaban J connectivity index is 2.72. The van der Waals surface area contributed by atoms with Gasteiger partial charge in [-0.3, -0.25) is 4.90 Å². The first-order valence-electron chi connectivity index (χ1n) is 5.44. The molecule has 96 valence electrons. The van der Waals surface area contributed by atoms with Crippen LogP contribution in [-0.4, -0.2) is 41.4 Å². The van der Waals surface area contributed by atoms with Crippen molar-refractivity contribution >= 4 is 0 Å². The molecule has 0 bridgehead atoms. The summed E-state index contributed by atoms with van der Waals surface area (Å²) < 4.78 is 26.3. The lowest BCUT2D eigenvalue weighted by Crippen LogP contribution is -2.35. The number of aliphatic hydroxyl groups is 2. The lowest BCUT2D eigenvalue weighted by Gasteiger charge is -2.26. The molecule has 3 nitrogen and oxygen atoms in total. The van der Waals surface area contributed by atoms with E-state index in [4.69, 9.17) is 10.2 Å². The van der Waals surface area contributed by atoms with Crippen molar-refractivity contribution in [3.05, 3.63) is 35.4 Å². The zero-order chi connectivity index (χ0) is 12.8. The van der Waals surface area contributed by atoms with Gasteiger partial charge in [0.1, 0.15) is 11.6 Å². The molecule has 0 aliphatic heterocycles. The van der Waals surface area contributed by atoms with Crippen LogP contribution in [0.5, 0.6) is 0 Å². The predicted molar refractivity (Wildman–Crippen MR) is 60.4 cm³/mol. The number of likely N-dealkylation sites (N-methyl/N-ethyl adjacent to an activating group) is 1. The minimum Gasteiger partial charge on any atom is -0.396 e. The van der Waals surface area contributed by atoms with Gasteiger partial charge in [0.05, 0.1) is 6.61 Å². The van der Waals surface area contributed by atoms with Crippen molar-refractivity contribution in [1.29, 1.82) is 0 Å². The van der Waals surface area contributed by atoms with Crippen molar-refractivity contribution in [2.24, 2.45) is 0 Å². The summed E-state index contributed by atoms with van der Waals surface area (Å²) in [6, 6.07) is 3.02. The van der Waals surface area contributed by atoms with E-state index in [9.17, 15) is 8.78 Å². The number of nitrogens with zero attached hydrogens (tertiary/aromatic N) is 1. The van der Waals surface area contributed by atoms with Crippen molar-refractivity contribution in [3.63, 3.8) is 0 Å². The SMILES string of the molecule is CN(Cc1cc(F)ccc1F)C(CO)CCO. The number of aliphatic hydroxyl groups excluding tert-OH is 2. The number of halogens is 2. The van der Waals surface area contributed by atoms with Gasteiger partial charge in [0.15, 0.2) is 0 Å². The Morgan fingerprint density at radius 2 is 2.00 bits per heavy atom. The average Bonchev–Trinajstić information content (AvgIpc) is 2.30. The quantitative estimate of drug-likeness (QED) is 0.790. The highest BCUT2D eigenvalue weighted by molar-refractivity contribution is 5.18. The van der Waals surface area contributed by atoms with Crippen molar-refractivity contribution < 1.29 is 19.0 Å². The van der Waals surface area contributed by atoms with Crippen LogP contribution in [0.25, 0.3) is 0 Å². The van der Waals surface area contributed by atoms with Gasteiger partial charge in [0.2, 0.25) is 0 Å². The summed E-state index contributed by atoms with van der Waals surface area (Å²) in [4.78, 5) is 1.69. The van der Waals surface area contributed by atoms with Crippen LogP contribution in [-0.2, 0) is 6.54 Å². The fourth-order valence-corrected chi connectivity index (χ4v) is 1.66. The van der Waals surface area contributed by atoms with Gasteiger partial charge >= 0.3 is 0 Å². The second-order valence-corrected chi connectivity index (χ2v) is 4.00. The monoisotopic (exact) mass is 245 g/mol. The van der Waals surface area contributed by atoms with Gasteiger partial charge in [0.25, 0.3) is 0 Å². The Kier molecular flexibility index (Phi) is 5.47. The standard InChI is InChI=1S/C12H17F2NO2/c1-15(11(8-17)4-5-16)7-9-6-10(13)2-3-12(9)14/h2-3,6,11,16-17H,4-5,7-8H2,1H3. The van der Waals surface area contributed by atoms with Crippen LogP contribution in [0.15, 0.2) is 18.2 Å². The van der Waals surface area contributed by atoms with E-state index in [1.807, 2.05) is 0 Å². The molecule has 1 aromatic carbocycles. The van der Waals surface area contributed by atoms with Gasteiger partial charge in [-0.2, -0.15) is 0 Å². The number of rotatable bonds is 6. The third kappa shape index (κ3) is 4.03. The van der Waals surface area contributed by atoms with Crippen molar-refractivity contribution in [2.75, 3.05) is 20.3 Å². The third-order valence-electron chi connectivity index (χ3n) is 2.72. The molecule has 0 heterocycles. The van der Waals surface area contributed by atoms with E-state index < -0.39 is 11.6 Å². The predicted octanol–water partition coefficient (Wildman–Crippen LogP) is 1.14. The van der Waals surface area contributed by atoms with Gasteiger partial charge in [0, 0.05) is 24.8 Å². The first-order valence-corrected chi connectivity index (χ1v) is 5.44. The van der Waals surface area contributed by atoms with Crippen molar-refractivity contribution in [2.45, 2.75) is 19.0 Å². The highest BCUT2D eigenvalue weighted by Gasteiger charge is 2.15. The number of benzene rings is 1. The lowest BCUT2D eigenvalue weighted by atomic mass is 10.1. The molecule has 0 aromatic heterocycles. The van der Waals surface area contributed by atoms with E-state index in [2.05, 4.69) is 0 Å². The summed E-state index contributed by atoms with van der Waals surface area (Å²) in [5, 5.41) is 17.9. The van der Waals surface area contributed by atoms with Gasteiger partial charge in [-0.25, -0.2) is 8.78 Å². The zero-order valence-corrected chi connectivity index (χ0v) is 9.74. The highest BCUT2D eigenvalue weighted by Crippen LogP contribution is 2.13. The molecule has 0 spiro atoms. The Morgan fingerprint density at radius 3 is 2.59 bits per heavy atom. The minimum absolute atomic E-state index is 0.0544. The molecule has 5 heteroatoms. The second kappa shape index (κ2) is 6.64. The first kappa shape index (κ1) is 14.0. The average molecular weight is 245 g/mol. The normalized spacial score (nSPS) is 13.1. The number of hydrogen-bond acceptors (Lipinski definition) is 3. The van der Waals surface area contributed by atoms with E-state index in [0.29, 0.717) is 6.42 Å². The summed E-state index contributed by atoms with van der Waals surface area (Å²) in [5.74, 6) is -0.962. The largest absolute Gasteiger partial charge is 0.396 e. The summed E-state index contributed by atoms with van der Waals surface area (Å²) >= 11 is 0. The van der Waals surface area contributed by atoms with E-state index in [1.54, 1.807) is 11.9 Å². The number of hydrogen-bond donors (Lipinski definition) is 2. The molecule has 1 aromatic rings. The maximum Gasteiger partial charge on any atom is 0.127 e. The Bertz CT molecular complexity index is 360. The van der Waals surface area contributed by atoms with Crippen LogP contribution < -0.4 is 0 Å². The summed E-state index contributed by atoms with van der Waals surface area (Å²) in [6.45, 7) is 0.00398. The van der Waals surface area contributed by atoms with E-state index in [0.717, 1.165) is 18.2 Å². The molecule has 2 N–H and O–H groups in total. The molecule has 1 atom stereocenters. The van der Waals surface area contributed by atoms with Crippen molar-refractivity contribution in [1.82, 2.24) is 4.90 Å². The molecule has 0 amide bonds. The molecule has 0 saturated carbocycles. The van der Waals surface area contributed by atoms with Crippen LogP contribution in [0.3, 0.4) is 0 Å². The molecular formula is C12H17F2NO2. The molecule has 0 radical (unpaired) electrons. The van der Waals surface area contributed by atoms with E-state index in [1.165, 1.54) is 0 Å². The second-order valence-electron chi connectivity index (χ2n) is 4.00. The lowest BCUT2D eigenvalue weighted by molar-refractivity contribution is 0.114. The maximum atomic E-state index is 13.4. The van der Waals surface area contributed by atoms with Crippen molar-refractivity contribution in [3.8, 4) is 0 Å². The molecule has 0 aliphatic carbocycles. The highest BCUT2D eigenvalue weighted by atomic mass is 19.1. The third-order valence-corrected chi connectivity index (χ3v) is 2.72. The van der Waals surface area contributed by atoms with E-state index in [-0.39, 0.29) is 31.4 Å². The Morgan fingerprint density at radius 1 is 1.29 bits per heavy atom. The fraction of sp³-hybridized carbons (Fsp3) is 0.500. The Hall–Kier alpha value is -1.04.